The maximum atomic E-state index is 12.2. The fourth-order valence-corrected chi connectivity index (χ4v) is 3.15. The summed E-state index contributed by atoms with van der Waals surface area (Å²) in [7, 11) is -1.71. The van der Waals surface area contributed by atoms with Gasteiger partial charge in [-0.25, -0.2) is 23.1 Å². The van der Waals surface area contributed by atoms with Crippen LogP contribution in [0.25, 0.3) is 0 Å². The van der Waals surface area contributed by atoms with Crippen molar-refractivity contribution < 1.29 is 8.42 Å². The van der Waals surface area contributed by atoms with Crippen LogP contribution in [0.3, 0.4) is 0 Å². The average molecular weight is 507 g/mol. The third-order valence-corrected chi connectivity index (χ3v) is 5.05. The smallest absolute Gasteiger partial charge is 0.240 e. The van der Waals surface area contributed by atoms with Crippen molar-refractivity contribution in [3.8, 4) is 0 Å². The van der Waals surface area contributed by atoms with Crippen LogP contribution in [0, 0.1) is 6.92 Å². The number of hydrogen-bond acceptors (Lipinski definition) is 5. The van der Waals surface area contributed by atoms with Gasteiger partial charge in [-0.3, -0.25) is 4.68 Å². The molecule has 0 atom stereocenters. The molecule has 1 heterocycles. The summed E-state index contributed by atoms with van der Waals surface area (Å²) >= 11 is 0. The lowest BCUT2D eigenvalue weighted by atomic mass is 10.2. The molecule has 11 heteroatoms. The molecule has 150 valence electrons. The van der Waals surface area contributed by atoms with Crippen LogP contribution in [0.4, 0.5) is 0 Å². The van der Waals surface area contributed by atoms with Crippen LogP contribution in [0.1, 0.15) is 18.3 Å². The van der Waals surface area contributed by atoms with E-state index in [1.54, 1.807) is 36.0 Å². The highest BCUT2D eigenvalue weighted by Gasteiger charge is 2.12. The molecule has 0 saturated heterocycles. The summed E-state index contributed by atoms with van der Waals surface area (Å²) in [6.07, 6.45) is 1.48. The molecule has 0 aliphatic rings. The van der Waals surface area contributed by atoms with Gasteiger partial charge in [0.15, 0.2) is 5.96 Å². The van der Waals surface area contributed by atoms with Crippen LogP contribution < -0.4 is 15.4 Å². The fraction of sp³-hybridized carbons (Fsp3) is 0.438. The zero-order chi connectivity index (χ0) is 19.0. The molecular weight excluding hydrogens is 481 g/mol. The van der Waals surface area contributed by atoms with Gasteiger partial charge < -0.3 is 10.6 Å². The predicted octanol–water partition coefficient (Wildman–Crippen LogP) is 0.775. The highest BCUT2D eigenvalue weighted by atomic mass is 127. The molecule has 0 aliphatic heterocycles. The molecule has 0 fully saturated rings. The summed E-state index contributed by atoms with van der Waals surface area (Å²) < 4.78 is 28.7. The normalized spacial score (nSPS) is 11.7. The molecule has 2 rings (SSSR count). The van der Waals surface area contributed by atoms with Crippen molar-refractivity contribution in [2.24, 2.45) is 12.0 Å². The van der Waals surface area contributed by atoms with Crippen LogP contribution in [-0.4, -0.2) is 48.8 Å². The first-order valence-corrected chi connectivity index (χ1v) is 9.82. The number of aryl methyl sites for hydroxylation is 2. The van der Waals surface area contributed by atoms with E-state index in [1.165, 1.54) is 6.33 Å². The Morgan fingerprint density at radius 3 is 2.48 bits per heavy atom. The standard InChI is InChI=1S/C16H25N7O2S.HI/c1-4-17-16(19-11-15-20-12-21-23(15)3)18-9-10-22-26(24,25)14-7-5-13(2)6-8-14;/h5-8,12,22H,4,9-11H2,1-3H3,(H2,17,18,19);1H. The van der Waals surface area contributed by atoms with E-state index in [4.69, 9.17) is 0 Å². The minimum absolute atomic E-state index is 0. The number of hydrogen-bond donors (Lipinski definition) is 3. The molecule has 0 bridgehead atoms. The van der Waals surface area contributed by atoms with Gasteiger partial charge in [0.05, 0.1) is 4.90 Å². The second kappa shape index (κ2) is 11.2. The molecule has 0 aliphatic carbocycles. The minimum Gasteiger partial charge on any atom is -0.357 e. The molecule has 2 aromatic rings. The van der Waals surface area contributed by atoms with Gasteiger partial charge in [0.1, 0.15) is 18.7 Å². The van der Waals surface area contributed by atoms with Crippen molar-refractivity contribution in [2.45, 2.75) is 25.3 Å². The topological polar surface area (TPSA) is 113 Å². The van der Waals surface area contributed by atoms with E-state index in [-0.39, 0.29) is 35.4 Å². The van der Waals surface area contributed by atoms with Crippen LogP contribution in [0.2, 0.25) is 0 Å². The minimum atomic E-state index is -3.51. The fourth-order valence-electron chi connectivity index (χ4n) is 2.12. The van der Waals surface area contributed by atoms with Crippen molar-refractivity contribution in [2.75, 3.05) is 19.6 Å². The summed E-state index contributed by atoms with van der Waals surface area (Å²) in [6.45, 7) is 5.58. The molecule has 0 radical (unpaired) electrons. The second-order valence-corrected chi connectivity index (χ2v) is 7.40. The zero-order valence-corrected chi connectivity index (χ0v) is 18.8. The van der Waals surface area contributed by atoms with E-state index in [0.717, 1.165) is 11.4 Å². The van der Waals surface area contributed by atoms with E-state index in [9.17, 15) is 8.42 Å². The van der Waals surface area contributed by atoms with Crippen molar-refractivity contribution in [3.05, 3.63) is 42.0 Å². The Morgan fingerprint density at radius 2 is 1.89 bits per heavy atom. The van der Waals surface area contributed by atoms with Gasteiger partial charge in [-0.1, -0.05) is 17.7 Å². The van der Waals surface area contributed by atoms with Gasteiger partial charge in [0, 0.05) is 26.7 Å². The average Bonchev–Trinajstić information content (AvgIpc) is 3.02. The number of aromatic nitrogens is 3. The Morgan fingerprint density at radius 1 is 1.19 bits per heavy atom. The maximum Gasteiger partial charge on any atom is 0.240 e. The Bertz CT molecular complexity index is 835. The number of benzene rings is 1. The van der Waals surface area contributed by atoms with Crippen LogP contribution in [0.15, 0.2) is 40.5 Å². The number of nitrogens with zero attached hydrogens (tertiary/aromatic N) is 4. The number of aliphatic imine (C=N–C) groups is 1. The first kappa shape index (κ1) is 23.3. The summed E-state index contributed by atoms with van der Waals surface area (Å²) in [6, 6.07) is 6.74. The quantitative estimate of drug-likeness (QED) is 0.211. The second-order valence-electron chi connectivity index (χ2n) is 5.63. The summed E-state index contributed by atoms with van der Waals surface area (Å²) in [5.74, 6) is 1.33. The highest BCUT2D eigenvalue weighted by molar-refractivity contribution is 14.0. The van der Waals surface area contributed by atoms with Gasteiger partial charge >= 0.3 is 0 Å². The third-order valence-electron chi connectivity index (χ3n) is 3.57. The van der Waals surface area contributed by atoms with E-state index in [2.05, 4.69) is 30.4 Å². The Kier molecular flexibility index (Phi) is 9.66. The number of halogens is 1. The molecule has 0 unspecified atom stereocenters. The number of nitrogens with one attached hydrogen (secondary N) is 3. The Labute approximate surface area is 177 Å². The van der Waals surface area contributed by atoms with Gasteiger partial charge in [0.25, 0.3) is 0 Å². The number of rotatable bonds is 8. The first-order chi connectivity index (χ1) is 12.4. The molecule has 0 saturated carbocycles. The summed E-state index contributed by atoms with van der Waals surface area (Å²) in [5, 5.41) is 10.2. The van der Waals surface area contributed by atoms with Gasteiger partial charge in [-0.2, -0.15) is 5.10 Å². The van der Waals surface area contributed by atoms with Crippen LogP contribution >= 0.6 is 24.0 Å². The van der Waals surface area contributed by atoms with Crippen molar-refractivity contribution >= 4 is 40.0 Å². The van der Waals surface area contributed by atoms with Crippen LogP contribution in [0.5, 0.6) is 0 Å². The molecular formula is C16H26IN7O2S. The Balaban J connectivity index is 0.00000364. The molecule has 3 N–H and O–H groups in total. The van der Waals surface area contributed by atoms with Gasteiger partial charge in [-0.05, 0) is 26.0 Å². The molecule has 9 nitrogen and oxygen atoms in total. The SMILES string of the molecule is CCNC(=NCc1ncnn1C)NCCNS(=O)(=O)c1ccc(C)cc1.I. The summed E-state index contributed by atoms with van der Waals surface area (Å²) in [5.41, 5.74) is 1.01. The molecule has 1 aromatic heterocycles. The third kappa shape index (κ3) is 7.42. The maximum absolute atomic E-state index is 12.2. The number of sulfonamides is 1. The van der Waals surface area contributed by atoms with Gasteiger partial charge in [-0.15, -0.1) is 24.0 Å². The zero-order valence-electron chi connectivity index (χ0n) is 15.6. The lowest BCUT2D eigenvalue weighted by molar-refractivity contribution is 0.580. The van der Waals surface area contributed by atoms with E-state index >= 15 is 0 Å². The van der Waals surface area contributed by atoms with Crippen molar-refractivity contribution in [1.29, 1.82) is 0 Å². The first-order valence-electron chi connectivity index (χ1n) is 8.33. The molecule has 0 spiro atoms. The Hall–Kier alpha value is -1.73. The lowest BCUT2D eigenvalue weighted by Crippen LogP contribution is -2.41. The molecule has 1 aromatic carbocycles. The van der Waals surface area contributed by atoms with E-state index in [0.29, 0.717) is 25.6 Å². The monoisotopic (exact) mass is 507 g/mol. The van der Waals surface area contributed by atoms with E-state index < -0.39 is 10.0 Å². The van der Waals surface area contributed by atoms with Crippen LogP contribution in [-0.2, 0) is 23.6 Å². The predicted molar refractivity (Wildman–Crippen MR) is 116 cm³/mol. The molecule has 0 amide bonds. The van der Waals surface area contributed by atoms with Gasteiger partial charge in [0.2, 0.25) is 10.0 Å². The molecule has 27 heavy (non-hydrogen) atoms. The van der Waals surface area contributed by atoms with E-state index in [1.807, 2.05) is 13.8 Å². The largest absolute Gasteiger partial charge is 0.357 e. The van der Waals surface area contributed by atoms with Crippen molar-refractivity contribution in [3.63, 3.8) is 0 Å². The van der Waals surface area contributed by atoms with Crippen molar-refractivity contribution in [1.82, 2.24) is 30.1 Å². The highest BCUT2D eigenvalue weighted by Crippen LogP contribution is 2.09. The number of guanidine groups is 1. The summed E-state index contributed by atoms with van der Waals surface area (Å²) in [4.78, 5) is 8.78. The lowest BCUT2D eigenvalue weighted by Gasteiger charge is -2.12.